The zero-order valence-electron chi connectivity index (χ0n) is 17.2. The summed E-state index contributed by atoms with van der Waals surface area (Å²) in [5.74, 6) is 0.199. The zero-order chi connectivity index (χ0) is 19.1. The highest BCUT2D eigenvalue weighted by atomic mass is 16.4. The summed E-state index contributed by atoms with van der Waals surface area (Å²) in [6.07, 6.45) is 8.02. The summed E-state index contributed by atoms with van der Waals surface area (Å²) in [5.41, 5.74) is 9.88. The van der Waals surface area contributed by atoms with Crippen LogP contribution in [-0.4, -0.2) is 11.0 Å². The highest BCUT2D eigenvalue weighted by Crippen LogP contribution is 2.34. The second-order valence-electron chi connectivity index (χ2n) is 8.71. The van der Waals surface area contributed by atoms with Gasteiger partial charge in [-0.3, -0.25) is 0 Å². The van der Waals surface area contributed by atoms with Crippen LogP contribution in [0.3, 0.4) is 0 Å². The van der Waals surface area contributed by atoms with Gasteiger partial charge in [-0.05, 0) is 59.8 Å². The van der Waals surface area contributed by atoms with Crippen LogP contribution in [0.4, 0.5) is 0 Å². The first-order valence-corrected chi connectivity index (χ1v) is 9.79. The van der Waals surface area contributed by atoms with Crippen molar-refractivity contribution in [2.24, 2.45) is 21.7 Å². The maximum Gasteiger partial charge on any atom is 0.170 e. The molecule has 1 aromatic rings. The molecule has 0 saturated heterocycles. The molecule has 1 aromatic carbocycles. The van der Waals surface area contributed by atoms with Crippen molar-refractivity contribution in [2.45, 2.75) is 86.5 Å². The molecule has 142 valence electrons. The van der Waals surface area contributed by atoms with Crippen LogP contribution in [0.2, 0.25) is 0 Å². The number of hydrogen-bond donors (Lipinski definition) is 2. The Kier molecular flexibility index (Phi) is 7.98. The van der Waals surface area contributed by atoms with Gasteiger partial charge in [-0.15, -0.1) is 0 Å². The minimum atomic E-state index is 0.199. The lowest BCUT2D eigenvalue weighted by Gasteiger charge is -2.30. The third kappa shape index (κ3) is 6.72. The number of benzene rings is 1. The average molecular weight is 347 g/mol. The second-order valence-corrected chi connectivity index (χ2v) is 8.71. The van der Waals surface area contributed by atoms with Crippen LogP contribution in [0.15, 0.2) is 23.4 Å². The van der Waals surface area contributed by atoms with Gasteiger partial charge in [0.05, 0.1) is 0 Å². The molecule has 0 fully saturated rings. The van der Waals surface area contributed by atoms with Crippen molar-refractivity contribution in [2.75, 3.05) is 0 Å². The Morgan fingerprint density at radius 2 is 1.48 bits per heavy atom. The smallest absolute Gasteiger partial charge is 0.170 e. The fourth-order valence-corrected chi connectivity index (χ4v) is 3.85. The number of oxime groups is 1. The number of hydrogen-bond acceptors (Lipinski definition) is 2. The minimum Gasteiger partial charge on any atom is -0.409 e. The molecule has 0 bridgehead atoms. The molecule has 0 aromatic heterocycles. The van der Waals surface area contributed by atoms with E-state index >= 15 is 0 Å². The van der Waals surface area contributed by atoms with Gasteiger partial charge in [-0.25, -0.2) is 0 Å². The van der Waals surface area contributed by atoms with Crippen molar-refractivity contribution >= 4 is 5.84 Å². The lowest BCUT2D eigenvalue weighted by Crippen LogP contribution is -2.21. The molecule has 0 heterocycles. The summed E-state index contributed by atoms with van der Waals surface area (Å²) in [4.78, 5) is 0. The molecular formula is C22H38N2O. The van der Waals surface area contributed by atoms with E-state index in [0.717, 1.165) is 24.8 Å². The van der Waals surface area contributed by atoms with Crippen LogP contribution < -0.4 is 5.73 Å². The standard InChI is InChI=1S/C22H38N2O/c1-7-10-22(6,11-8-2)16-18-12-17(15-21(4,5)9-3)13-19(14-18)20(23)24-25/h12-14,25H,7-11,15-16H2,1-6H3,(H2,23,24). The summed E-state index contributed by atoms with van der Waals surface area (Å²) in [5, 5.41) is 12.3. The molecular weight excluding hydrogens is 308 g/mol. The predicted molar refractivity (Wildman–Crippen MR) is 108 cm³/mol. The maximum atomic E-state index is 9.11. The molecule has 0 amide bonds. The molecule has 0 atom stereocenters. The number of nitrogens with zero attached hydrogens (tertiary/aromatic N) is 1. The van der Waals surface area contributed by atoms with Crippen molar-refractivity contribution < 1.29 is 5.21 Å². The van der Waals surface area contributed by atoms with E-state index in [4.69, 9.17) is 10.9 Å². The monoisotopic (exact) mass is 346 g/mol. The summed E-state index contributed by atoms with van der Waals surface area (Å²) in [6.45, 7) is 13.7. The van der Waals surface area contributed by atoms with Crippen molar-refractivity contribution in [3.05, 3.63) is 34.9 Å². The molecule has 0 aliphatic heterocycles. The Hall–Kier alpha value is -1.51. The Morgan fingerprint density at radius 1 is 0.960 bits per heavy atom. The van der Waals surface area contributed by atoms with Crippen molar-refractivity contribution in [1.29, 1.82) is 0 Å². The lowest BCUT2D eigenvalue weighted by molar-refractivity contribution is 0.264. The molecule has 1 rings (SSSR count). The van der Waals surface area contributed by atoms with E-state index < -0.39 is 0 Å². The molecule has 0 aliphatic rings. The Labute approximate surface area is 154 Å². The molecule has 3 N–H and O–H groups in total. The summed E-state index contributed by atoms with van der Waals surface area (Å²) >= 11 is 0. The minimum absolute atomic E-state index is 0.199. The number of amidine groups is 1. The van der Waals surface area contributed by atoms with E-state index in [2.05, 4.69) is 64.9 Å². The fraction of sp³-hybridized carbons (Fsp3) is 0.682. The summed E-state index contributed by atoms with van der Waals surface area (Å²) in [7, 11) is 0. The first kappa shape index (κ1) is 21.5. The average Bonchev–Trinajstić information content (AvgIpc) is 2.53. The van der Waals surface area contributed by atoms with Crippen LogP contribution in [0.25, 0.3) is 0 Å². The summed E-state index contributed by atoms with van der Waals surface area (Å²) in [6, 6.07) is 6.50. The molecule has 3 heteroatoms. The molecule has 0 aliphatic carbocycles. The van der Waals surface area contributed by atoms with Gasteiger partial charge in [0.2, 0.25) is 0 Å². The van der Waals surface area contributed by atoms with E-state index in [9.17, 15) is 0 Å². The number of nitrogens with two attached hydrogens (primary N) is 1. The van der Waals surface area contributed by atoms with Gasteiger partial charge < -0.3 is 10.9 Å². The van der Waals surface area contributed by atoms with Gasteiger partial charge in [-0.1, -0.05) is 72.0 Å². The SMILES string of the molecule is CCCC(C)(CCC)Cc1cc(CC(C)(C)CC)cc(/C(N)=N/O)c1. The van der Waals surface area contributed by atoms with E-state index in [1.165, 1.54) is 36.8 Å². The fourth-order valence-electron chi connectivity index (χ4n) is 3.85. The maximum absolute atomic E-state index is 9.11. The van der Waals surface area contributed by atoms with Crippen molar-refractivity contribution in [1.82, 2.24) is 0 Å². The van der Waals surface area contributed by atoms with Crippen LogP contribution in [0.1, 0.15) is 90.3 Å². The van der Waals surface area contributed by atoms with Gasteiger partial charge in [0.15, 0.2) is 5.84 Å². The van der Waals surface area contributed by atoms with Crippen LogP contribution in [0, 0.1) is 10.8 Å². The zero-order valence-corrected chi connectivity index (χ0v) is 17.2. The second kappa shape index (κ2) is 9.26. The third-order valence-corrected chi connectivity index (χ3v) is 5.43. The largest absolute Gasteiger partial charge is 0.409 e. The molecule has 25 heavy (non-hydrogen) atoms. The van der Waals surface area contributed by atoms with Crippen LogP contribution in [-0.2, 0) is 12.8 Å². The van der Waals surface area contributed by atoms with Crippen LogP contribution in [0.5, 0.6) is 0 Å². The molecule has 0 radical (unpaired) electrons. The highest BCUT2D eigenvalue weighted by molar-refractivity contribution is 5.97. The van der Waals surface area contributed by atoms with Gasteiger partial charge in [-0.2, -0.15) is 0 Å². The predicted octanol–water partition coefficient (Wildman–Crippen LogP) is 5.91. The Morgan fingerprint density at radius 3 is 1.92 bits per heavy atom. The normalized spacial score (nSPS) is 13.3. The Bertz CT molecular complexity index is 569. The van der Waals surface area contributed by atoms with Crippen molar-refractivity contribution in [3.63, 3.8) is 0 Å². The van der Waals surface area contributed by atoms with Gasteiger partial charge >= 0.3 is 0 Å². The summed E-state index contributed by atoms with van der Waals surface area (Å²) < 4.78 is 0. The topological polar surface area (TPSA) is 58.6 Å². The third-order valence-electron chi connectivity index (χ3n) is 5.43. The van der Waals surface area contributed by atoms with Crippen LogP contribution >= 0.6 is 0 Å². The molecule has 0 spiro atoms. The van der Waals surface area contributed by atoms with Gasteiger partial charge in [0.25, 0.3) is 0 Å². The quantitative estimate of drug-likeness (QED) is 0.239. The van der Waals surface area contributed by atoms with Gasteiger partial charge in [0, 0.05) is 5.56 Å². The van der Waals surface area contributed by atoms with E-state index in [0.29, 0.717) is 5.41 Å². The van der Waals surface area contributed by atoms with Crippen molar-refractivity contribution in [3.8, 4) is 0 Å². The van der Waals surface area contributed by atoms with E-state index in [1.54, 1.807) is 0 Å². The van der Waals surface area contributed by atoms with Gasteiger partial charge in [0.1, 0.15) is 0 Å². The first-order chi connectivity index (χ1) is 11.7. The highest BCUT2D eigenvalue weighted by Gasteiger charge is 2.24. The lowest BCUT2D eigenvalue weighted by atomic mass is 9.75. The first-order valence-electron chi connectivity index (χ1n) is 9.79. The molecule has 0 saturated carbocycles. The number of rotatable bonds is 10. The Balaban J connectivity index is 3.24. The van der Waals surface area contributed by atoms with E-state index in [1.807, 2.05) is 0 Å². The van der Waals surface area contributed by atoms with E-state index in [-0.39, 0.29) is 11.3 Å². The molecule has 3 nitrogen and oxygen atoms in total. The molecule has 0 unspecified atom stereocenters.